The monoisotopic (exact) mass is 465 g/mol. The van der Waals surface area contributed by atoms with Crippen LogP contribution in [0.2, 0.25) is 0 Å². The molecule has 6 nitrogen and oxygen atoms in total. The van der Waals surface area contributed by atoms with Crippen LogP contribution in [0, 0.1) is 17.1 Å². The van der Waals surface area contributed by atoms with Gasteiger partial charge in [0, 0.05) is 17.5 Å². The van der Waals surface area contributed by atoms with Gasteiger partial charge in [-0.25, -0.2) is 9.37 Å². The van der Waals surface area contributed by atoms with Crippen LogP contribution in [0.3, 0.4) is 0 Å². The van der Waals surface area contributed by atoms with E-state index in [0.717, 1.165) is 23.3 Å². The molecule has 0 atom stereocenters. The van der Waals surface area contributed by atoms with E-state index in [1.165, 1.54) is 29.5 Å². The summed E-state index contributed by atoms with van der Waals surface area (Å²) in [4.78, 5) is 17.7. The van der Waals surface area contributed by atoms with Gasteiger partial charge in [0.2, 0.25) is 0 Å². The van der Waals surface area contributed by atoms with Crippen LogP contribution < -0.4 is 14.8 Å². The average molecular weight is 466 g/mol. The number of hydrogen-bond donors (Lipinski definition) is 1. The molecule has 1 heterocycles. The van der Waals surface area contributed by atoms with Crippen molar-refractivity contribution in [3.63, 3.8) is 0 Å². The van der Waals surface area contributed by atoms with E-state index in [1.807, 2.05) is 6.07 Å². The predicted octanol–water partition coefficient (Wildman–Crippen LogP) is 5.61. The number of carbonyl (C=O) groups excluding carboxylic acids is 1. The molecule has 1 aromatic heterocycles. The maximum atomic E-state index is 13.1. The normalized spacial score (nSPS) is 11.0. The van der Waals surface area contributed by atoms with Crippen LogP contribution in [-0.2, 0) is 11.2 Å². The molecule has 2 aromatic carbocycles. The number of nitrogens with zero attached hydrogens (tertiary/aromatic N) is 2. The second-order valence-corrected chi connectivity index (χ2v) is 8.29. The summed E-state index contributed by atoms with van der Waals surface area (Å²) >= 11 is 1.30. The Balaban J connectivity index is 1.68. The van der Waals surface area contributed by atoms with E-state index in [4.69, 9.17) is 9.47 Å². The quantitative estimate of drug-likeness (QED) is 0.239. The highest BCUT2D eigenvalue weighted by Gasteiger charge is 2.13. The number of hydrogen-bond acceptors (Lipinski definition) is 6. The Labute approximate surface area is 196 Å². The predicted molar refractivity (Wildman–Crippen MR) is 127 cm³/mol. The lowest BCUT2D eigenvalue weighted by Crippen LogP contribution is -2.13. The third kappa shape index (κ3) is 6.89. The SMILES string of the molecule is CCCCOc1ccc(/C=C(\C#N)C(=O)Nc2ncc(Cc3ccc(F)cc3)s2)cc1OC. The summed E-state index contributed by atoms with van der Waals surface area (Å²) in [6.45, 7) is 2.67. The topological polar surface area (TPSA) is 84.2 Å². The van der Waals surface area contributed by atoms with Crippen molar-refractivity contribution in [2.24, 2.45) is 0 Å². The van der Waals surface area contributed by atoms with Crippen LogP contribution in [0.25, 0.3) is 6.08 Å². The van der Waals surface area contributed by atoms with Gasteiger partial charge in [0.25, 0.3) is 5.91 Å². The molecule has 0 aliphatic heterocycles. The second kappa shape index (κ2) is 11.8. The first-order valence-corrected chi connectivity index (χ1v) is 11.3. The molecule has 1 amide bonds. The van der Waals surface area contributed by atoms with Gasteiger partial charge in [0.15, 0.2) is 16.6 Å². The summed E-state index contributed by atoms with van der Waals surface area (Å²) < 4.78 is 24.2. The van der Waals surface area contributed by atoms with E-state index in [-0.39, 0.29) is 11.4 Å². The van der Waals surface area contributed by atoms with Gasteiger partial charge in [0.1, 0.15) is 17.5 Å². The second-order valence-electron chi connectivity index (χ2n) is 7.17. The summed E-state index contributed by atoms with van der Waals surface area (Å²) in [7, 11) is 1.54. The number of aromatic nitrogens is 1. The van der Waals surface area contributed by atoms with E-state index in [0.29, 0.717) is 35.2 Å². The standard InChI is InChI=1S/C25H24FN3O3S/c1-3-4-11-32-22-10-7-18(14-23(22)31-2)12-19(15-27)24(30)29-25-28-16-21(33-25)13-17-5-8-20(26)9-6-17/h5-10,12,14,16H,3-4,11,13H2,1-2H3,(H,28,29,30)/b19-12+. The number of amides is 1. The molecule has 0 saturated carbocycles. The summed E-state index contributed by atoms with van der Waals surface area (Å²) in [5.74, 6) is 0.302. The minimum atomic E-state index is -0.553. The van der Waals surface area contributed by atoms with Gasteiger partial charge in [-0.05, 0) is 47.9 Å². The van der Waals surface area contributed by atoms with E-state index >= 15 is 0 Å². The molecule has 3 aromatic rings. The maximum Gasteiger partial charge on any atom is 0.268 e. The molecule has 0 radical (unpaired) electrons. The van der Waals surface area contributed by atoms with Gasteiger partial charge in [-0.2, -0.15) is 5.26 Å². The molecular formula is C25H24FN3O3S. The smallest absolute Gasteiger partial charge is 0.268 e. The first-order valence-electron chi connectivity index (χ1n) is 10.5. The van der Waals surface area contributed by atoms with Crippen LogP contribution in [0.5, 0.6) is 11.5 Å². The van der Waals surface area contributed by atoms with Crippen molar-refractivity contribution < 1.29 is 18.7 Å². The van der Waals surface area contributed by atoms with E-state index in [2.05, 4.69) is 17.2 Å². The van der Waals surface area contributed by atoms with E-state index in [9.17, 15) is 14.4 Å². The summed E-state index contributed by atoms with van der Waals surface area (Å²) in [5, 5.41) is 12.5. The van der Waals surface area contributed by atoms with Crippen molar-refractivity contribution in [2.75, 3.05) is 19.0 Å². The molecule has 33 heavy (non-hydrogen) atoms. The fourth-order valence-electron chi connectivity index (χ4n) is 2.95. The van der Waals surface area contributed by atoms with E-state index in [1.54, 1.807) is 43.6 Å². The number of thiazole rings is 1. The molecule has 0 fully saturated rings. The lowest BCUT2D eigenvalue weighted by atomic mass is 10.1. The van der Waals surface area contributed by atoms with Gasteiger partial charge in [0.05, 0.1) is 13.7 Å². The minimum Gasteiger partial charge on any atom is -0.493 e. The van der Waals surface area contributed by atoms with Crippen molar-refractivity contribution in [3.8, 4) is 17.6 Å². The summed E-state index contributed by atoms with van der Waals surface area (Å²) in [5.41, 5.74) is 1.51. The van der Waals surface area contributed by atoms with Crippen LogP contribution in [0.1, 0.15) is 35.8 Å². The number of unbranched alkanes of at least 4 members (excludes halogenated alkanes) is 1. The van der Waals surface area contributed by atoms with Crippen LogP contribution >= 0.6 is 11.3 Å². The van der Waals surface area contributed by atoms with E-state index < -0.39 is 5.91 Å². The molecule has 0 bridgehead atoms. The third-order valence-corrected chi connectivity index (χ3v) is 5.60. The van der Waals surface area contributed by atoms with Crippen molar-refractivity contribution in [1.82, 2.24) is 4.98 Å². The van der Waals surface area contributed by atoms with Crippen LogP contribution in [0.15, 0.2) is 54.2 Å². The van der Waals surface area contributed by atoms with Crippen LogP contribution in [0.4, 0.5) is 9.52 Å². The zero-order chi connectivity index (χ0) is 23.6. The molecule has 0 saturated heterocycles. The lowest BCUT2D eigenvalue weighted by molar-refractivity contribution is -0.112. The zero-order valence-electron chi connectivity index (χ0n) is 18.4. The fourth-order valence-corrected chi connectivity index (χ4v) is 3.79. The zero-order valence-corrected chi connectivity index (χ0v) is 19.2. The summed E-state index contributed by atoms with van der Waals surface area (Å²) in [6.07, 6.45) is 5.67. The van der Waals surface area contributed by atoms with Crippen LogP contribution in [-0.4, -0.2) is 24.6 Å². The third-order valence-electron chi connectivity index (χ3n) is 4.68. The number of benzene rings is 2. The number of methoxy groups -OCH3 is 1. The van der Waals surface area contributed by atoms with Gasteiger partial charge in [-0.15, -0.1) is 11.3 Å². The highest BCUT2D eigenvalue weighted by atomic mass is 32.1. The van der Waals surface area contributed by atoms with Crippen molar-refractivity contribution in [1.29, 1.82) is 5.26 Å². The number of nitriles is 1. The Hall–Kier alpha value is -3.70. The molecule has 0 aliphatic rings. The Morgan fingerprint density at radius 3 is 2.73 bits per heavy atom. The Kier molecular flexibility index (Phi) is 8.56. The fraction of sp³-hybridized carbons (Fsp3) is 0.240. The summed E-state index contributed by atoms with van der Waals surface area (Å²) in [6, 6.07) is 13.4. The molecule has 8 heteroatoms. The lowest BCUT2D eigenvalue weighted by Gasteiger charge is -2.11. The molecule has 170 valence electrons. The van der Waals surface area contributed by atoms with Gasteiger partial charge in [-0.1, -0.05) is 31.5 Å². The van der Waals surface area contributed by atoms with Gasteiger partial charge < -0.3 is 9.47 Å². The first-order chi connectivity index (χ1) is 16.0. The molecule has 0 spiro atoms. The highest BCUT2D eigenvalue weighted by molar-refractivity contribution is 7.15. The number of rotatable bonds is 10. The Morgan fingerprint density at radius 2 is 2.03 bits per heavy atom. The van der Waals surface area contributed by atoms with Crippen molar-refractivity contribution >= 4 is 28.5 Å². The number of anilines is 1. The number of nitrogens with one attached hydrogen (secondary N) is 1. The maximum absolute atomic E-state index is 13.1. The largest absolute Gasteiger partial charge is 0.493 e. The highest BCUT2D eigenvalue weighted by Crippen LogP contribution is 2.29. The molecular weight excluding hydrogens is 441 g/mol. The van der Waals surface area contributed by atoms with Gasteiger partial charge >= 0.3 is 0 Å². The number of carbonyl (C=O) groups is 1. The van der Waals surface area contributed by atoms with Crippen molar-refractivity contribution in [3.05, 3.63) is 76.1 Å². The molecule has 0 aliphatic carbocycles. The van der Waals surface area contributed by atoms with Crippen molar-refractivity contribution in [2.45, 2.75) is 26.2 Å². The minimum absolute atomic E-state index is 0.0630. The molecule has 3 rings (SSSR count). The molecule has 1 N–H and O–H groups in total. The first kappa shape index (κ1) is 24.0. The Morgan fingerprint density at radius 1 is 1.24 bits per heavy atom. The van der Waals surface area contributed by atoms with Gasteiger partial charge in [-0.3, -0.25) is 10.1 Å². The molecule has 0 unspecified atom stereocenters. The number of halogens is 1. The number of ether oxygens (including phenoxy) is 2. The average Bonchev–Trinajstić information content (AvgIpc) is 3.26. The Bertz CT molecular complexity index is 1170.